The maximum Gasteiger partial charge on any atom is 0.252 e. The Balaban J connectivity index is 1.78. The molecule has 0 aliphatic carbocycles. The Hall–Kier alpha value is -0.390. The van der Waals surface area contributed by atoms with Crippen LogP contribution in [0.3, 0.4) is 0 Å². The van der Waals surface area contributed by atoms with Crippen molar-refractivity contribution < 1.29 is 4.79 Å². The van der Waals surface area contributed by atoms with Gasteiger partial charge in [0.15, 0.2) is 0 Å². The minimum absolute atomic E-state index is 0.0338. The zero-order valence-electron chi connectivity index (χ0n) is 8.50. The summed E-state index contributed by atoms with van der Waals surface area (Å²) in [5.41, 5.74) is 0.750. The van der Waals surface area contributed by atoms with Gasteiger partial charge in [-0.3, -0.25) is 4.79 Å². The average Bonchev–Trinajstić information content (AvgIpc) is 2.57. The van der Waals surface area contributed by atoms with Crippen LogP contribution in [-0.2, 0) is 0 Å². The van der Waals surface area contributed by atoms with Gasteiger partial charge in [-0.15, -0.1) is 11.3 Å². The molecule has 1 aromatic rings. The number of thiophene rings is 1. The molecule has 82 valence electrons. The highest BCUT2D eigenvalue weighted by atomic mass is 79.9. The van der Waals surface area contributed by atoms with Crippen molar-refractivity contribution in [2.24, 2.45) is 5.92 Å². The summed E-state index contributed by atoms with van der Waals surface area (Å²) in [6.07, 6.45) is 0. The average molecular weight is 289 g/mol. The van der Waals surface area contributed by atoms with Gasteiger partial charge in [-0.2, -0.15) is 0 Å². The fourth-order valence-corrected chi connectivity index (χ4v) is 2.86. The number of hydrogen-bond donors (Lipinski definition) is 1. The van der Waals surface area contributed by atoms with E-state index < -0.39 is 0 Å². The number of nitrogens with one attached hydrogen (secondary N) is 1. The molecule has 2 rings (SSSR count). The molecule has 0 saturated carbocycles. The van der Waals surface area contributed by atoms with Crippen molar-refractivity contribution in [3.05, 3.63) is 20.8 Å². The first-order valence-corrected chi connectivity index (χ1v) is 6.53. The Morgan fingerprint density at radius 2 is 2.47 bits per heavy atom. The summed E-state index contributed by atoms with van der Waals surface area (Å²) >= 11 is 4.88. The van der Waals surface area contributed by atoms with E-state index in [1.165, 1.54) is 11.3 Å². The Bertz CT molecular complexity index is 360. The van der Waals surface area contributed by atoms with Crippen LogP contribution in [-0.4, -0.2) is 37.5 Å². The number of hydrogen-bond acceptors (Lipinski definition) is 3. The predicted molar refractivity (Wildman–Crippen MR) is 65.3 cm³/mol. The van der Waals surface area contributed by atoms with Gasteiger partial charge < -0.3 is 10.2 Å². The molecule has 0 unspecified atom stereocenters. The molecule has 1 aliphatic rings. The molecule has 1 N–H and O–H groups in total. The maximum absolute atomic E-state index is 11.6. The van der Waals surface area contributed by atoms with Gasteiger partial charge in [0.2, 0.25) is 0 Å². The van der Waals surface area contributed by atoms with Crippen molar-refractivity contribution >= 4 is 33.2 Å². The lowest BCUT2D eigenvalue weighted by atomic mass is 10.0. The predicted octanol–water partition coefficient (Wildman–Crippen LogP) is 1.80. The van der Waals surface area contributed by atoms with E-state index in [1.807, 2.05) is 11.4 Å². The largest absolute Gasteiger partial charge is 0.352 e. The van der Waals surface area contributed by atoms with Gasteiger partial charge in [0, 0.05) is 30.9 Å². The van der Waals surface area contributed by atoms with E-state index in [9.17, 15) is 4.79 Å². The molecule has 0 aromatic carbocycles. The summed E-state index contributed by atoms with van der Waals surface area (Å²) in [4.78, 5) is 13.9. The molecular formula is C10H13BrN2OS. The molecule has 0 spiro atoms. The first-order chi connectivity index (χ1) is 7.15. The van der Waals surface area contributed by atoms with Crippen LogP contribution >= 0.6 is 27.3 Å². The molecule has 0 radical (unpaired) electrons. The van der Waals surface area contributed by atoms with Crippen LogP contribution in [0.15, 0.2) is 15.2 Å². The molecule has 1 amide bonds. The molecule has 1 aromatic heterocycles. The number of nitrogens with zero attached hydrogens (tertiary/aromatic N) is 1. The molecule has 1 saturated heterocycles. The summed E-state index contributed by atoms with van der Waals surface area (Å²) in [6, 6.07) is 1.85. The maximum atomic E-state index is 11.6. The molecule has 2 heterocycles. The highest BCUT2D eigenvalue weighted by Gasteiger charge is 2.23. The van der Waals surface area contributed by atoms with E-state index in [1.54, 1.807) is 0 Å². The standard InChI is InChI=1S/C10H13BrN2OS/c1-13-4-7(5-13)3-12-10(14)8-2-9(11)15-6-8/h2,6-7H,3-5H2,1H3,(H,12,14). The summed E-state index contributed by atoms with van der Waals surface area (Å²) < 4.78 is 0.996. The number of likely N-dealkylation sites (tertiary alicyclic amines) is 1. The minimum atomic E-state index is 0.0338. The van der Waals surface area contributed by atoms with Gasteiger partial charge in [-0.1, -0.05) is 0 Å². The monoisotopic (exact) mass is 288 g/mol. The van der Waals surface area contributed by atoms with Crippen molar-refractivity contribution in [2.75, 3.05) is 26.7 Å². The van der Waals surface area contributed by atoms with Gasteiger partial charge in [0.05, 0.1) is 9.35 Å². The Morgan fingerprint density at radius 1 is 1.73 bits per heavy atom. The molecular weight excluding hydrogens is 276 g/mol. The van der Waals surface area contributed by atoms with Gasteiger partial charge in [0.25, 0.3) is 5.91 Å². The SMILES string of the molecule is CN1CC(CNC(=O)c2csc(Br)c2)C1. The Kier molecular flexibility index (Phi) is 3.43. The molecule has 3 nitrogen and oxygen atoms in total. The fourth-order valence-electron chi connectivity index (χ4n) is 1.73. The third kappa shape index (κ3) is 2.80. The van der Waals surface area contributed by atoms with Gasteiger partial charge >= 0.3 is 0 Å². The first kappa shape index (κ1) is 11.1. The third-order valence-electron chi connectivity index (χ3n) is 2.52. The summed E-state index contributed by atoms with van der Waals surface area (Å²) in [6.45, 7) is 2.97. The molecule has 0 atom stereocenters. The van der Waals surface area contributed by atoms with Crippen LogP contribution in [0.25, 0.3) is 0 Å². The zero-order valence-corrected chi connectivity index (χ0v) is 10.9. The number of amides is 1. The van der Waals surface area contributed by atoms with Crippen LogP contribution < -0.4 is 5.32 Å². The zero-order chi connectivity index (χ0) is 10.8. The number of carbonyl (C=O) groups excluding carboxylic acids is 1. The van der Waals surface area contributed by atoms with E-state index in [-0.39, 0.29) is 5.91 Å². The summed E-state index contributed by atoms with van der Waals surface area (Å²) in [5.74, 6) is 0.660. The van der Waals surface area contributed by atoms with Gasteiger partial charge in [-0.25, -0.2) is 0 Å². The normalized spacial score (nSPS) is 17.5. The first-order valence-electron chi connectivity index (χ1n) is 4.86. The number of halogens is 1. The van der Waals surface area contributed by atoms with Crippen LogP contribution in [0.2, 0.25) is 0 Å². The minimum Gasteiger partial charge on any atom is -0.352 e. The quantitative estimate of drug-likeness (QED) is 0.920. The van der Waals surface area contributed by atoms with Crippen LogP contribution in [0.4, 0.5) is 0 Å². The van der Waals surface area contributed by atoms with Crippen molar-refractivity contribution in [1.29, 1.82) is 0 Å². The highest BCUT2D eigenvalue weighted by molar-refractivity contribution is 9.11. The summed E-state index contributed by atoms with van der Waals surface area (Å²) in [5, 5.41) is 4.82. The van der Waals surface area contributed by atoms with Crippen LogP contribution in [0, 0.1) is 5.92 Å². The molecule has 1 fully saturated rings. The summed E-state index contributed by atoms with van der Waals surface area (Å²) in [7, 11) is 2.09. The molecule has 1 aliphatic heterocycles. The lowest BCUT2D eigenvalue weighted by Gasteiger charge is -2.36. The molecule has 5 heteroatoms. The van der Waals surface area contributed by atoms with E-state index in [0.29, 0.717) is 5.92 Å². The van der Waals surface area contributed by atoms with Crippen molar-refractivity contribution in [3.8, 4) is 0 Å². The third-order valence-corrected chi connectivity index (χ3v) is 4.03. The van der Waals surface area contributed by atoms with Crippen molar-refractivity contribution in [1.82, 2.24) is 10.2 Å². The number of rotatable bonds is 3. The second kappa shape index (κ2) is 4.63. The van der Waals surface area contributed by atoms with E-state index in [0.717, 1.165) is 29.0 Å². The van der Waals surface area contributed by atoms with E-state index >= 15 is 0 Å². The second-order valence-electron chi connectivity index (χ2n) is 3.94. The molecule has 0 bridgehead atoms. The number of carbonyl (C=O) groups is 1. The van der Waals surface area contributed by atoms with E-state index in [2.05, 4.69) is 33.2 Å². The topological polar surface area (TPSA) is 32.3 Å². The lowest BCUT2D eigenvalue weighted by molar-refractivity contribution is 0.0898. The fraction of sp³-hybridized carbons (Fsp3) is 0.500. The van der Waals surface area contributed by atoms with Crippen molar-refractivity contribution in [3.63, 3.8) is 0 Å². The van der Waals surface area contributed by atoms with Crippen molar-refractivity contribution in [2.45, 2.75) is 0 Å². The highest BCUT2D eigenvalue weighted by Crippen LogP contribution is 2.20. The second-order valence-corrected chi connectivity index (χ2v) is 6.23. The Morgan fingerprint density at radius 3 is 3.00 bits per heavy atom. The van der Waals surface area contributed by atoms with Crippen LogP contribution in [0.5, 0.6) is 0 Å². The lowest BCUT2D eigenvalue weighted by Crippen LogP contribution is -2.49. The molecule has 15 heavy (non-hydrogen) atoms. The smallest absolute Gasteiger partial charge is 0.252 e. The van der Waals surface area contributed by atoms with E-state index in [4.69, 9.17) is 0 Å². The van der Waals surface area contributed by atoms with Gasteiger partial charge in [0.1, 0.15) is 0 Å². The van der Waals surface area contributed by atoms with Crippen LogP contribution in [0.1, 0.15) is 10.4 Å². The Labute approximate surface area is 102 Å². The van der Waals surface area contributed by atoms with Gasteiger partial charge in [-0.05, 0) is 29.0 Å².